The Labute approximate surface area is 125 Å². The summed E-state index contributed by atoms with van der Waals surface area (Å²) in [6.07, 6.45) is 22.0. The molecule has 0 spiro atoms. The lowest BCUT2D eigenvalue weighted by Gasteiger charge is -1.97. The summed E-state index contributed by atoms with van der Waals surface area (Å²) in [6.45, 7) is 3.67. The lowest BCUT2D eigenvalue weighted by molar-refractivity contribution is -0.135. The summed E-state index contributed by atoms with van der Waals surface area (Å²) in [7, 11) is 0. The minimum absolute atomic E-state index is 0.247. The van der Waals surface area contributed by atoms with Gasteiger partial charge in [-0.05, 0) is 44.6 Å². The third-order valence-electron chi connectivity index (χ3n) is 3.21. The average molecular weight is 280 g/mol. The van der Waals surface area contributed by atoms with Crippen molar-refractivity contribution in [1.82, 2.24) is 0 Å². The SMILES string of the molecule is CCCCCCC=CCCCCCCC=COC(C)=O. The number of allylic oxidation sites excluding steroid dienone is 3. The third-order valence-corrected chi connectivity index (χ3v) is 3.21. The Morgan fingerprint density at radius 1 is 0.800 bits per heavy atom. The minimum atomic E-state index is -0.247. The van der Waals surface area contributed by atoms with Crippen molar-refractivity contribution in [3.63, 3.8) is 0 Å². The Morgan fingerprint density at radius 3 is 1.80 bits per heavy atom. The maximum absolute atomic E-state index is 10.5. The first-order valence-corrected chi connectivity index (χ1v) is 8.24. The highest BCUT2D eigenvalue weighted by Gasteiger charge is 1.89. The Hall–Kier alpha value is -1.05. The Bertz CT molecular complexity index is 267. The molecule has 0 aliphatic carbocycles. The van der Waals surface area contributed by atoms with Crippen molar-refractivity contribution in [3.8, 4) is 0 Å². The molecule has 0 rings (SSSR count). The smallest absolute Gasteiger partial charge is 0.307 e. The summed E-state index contributed by atoms with van der Waals surface area (Å²) in [5, 5.41) is 0. The second-order valence-electron chi connectivity index (χ2n) is 5.29. The molecule has 2 nitrogen and oxygen atoms in total. The molecule has 0 saturated carbocycles. The van der Waals surface area contributed by atoms with E-state index in [1.807, 2.05) is 6.08 Å². The highest BCUT2D eigenvalue weighted by Crippen LogP contribution is 2.08. The van der Waals surface area contributed by atoms with E-state index in [1.165, 1.54) is 77.4 Å². The maximum Gasteiger partial charge on any atom is 0.307 e. The lowest BCUT2D eigenvalue weighted by atomic mass is 10.1. The van der Waals surface area contributed by atoms with E-state index in [4.69, 9.17) is 4.74 Å². The van der Waals surface area contributed by atoms with Crippen LogP contribution < -0.4 is 0 Å². The summed E-state index contributed by atoms with van der Waals surface area (Å²) in [4.78, 5) is 10.5. The summed E-state index contributed by atoms with van der Waals surface area (Å²) >= 11 is 0. The van der Waals surface area contributed by atoms with E-state index in [1.54, 1.807) is 0 Å². The van der Waals surface area contributed by atoms with Crippen molar-refractivity contribution in [2.45, 2.75) is 84.5 Å². The van der Waals surface area contributed by atoms with Gasteiger partial charge in [0.1, 0.15) is 0 Å². The molecule has 0 N–H and O–H groups in total. The van der Waals surface area contributed by atoms with Crippen molar-refractivity contribution in [3.05, 3.63) is 24.5 Å². The number of ether oxygens (including phenoxy) is 1. The monoisotopic (exact) mass is 280 g/mol. The van der Waals surface area contributed by atoms with E-state index >= 15 is 0 Å². The van der Waals surface area contributed by atoms with E-state index in [2.05, 4.69) is 19.1 Å². The molecule has 0 unspecified atom stereocenters. The van der Waals surface area contributed by atoms with Gasteiger partial charge in [-0.1, -0.05) is 51.2 Å². The van der Waals surface area contributed by atoms with Crippen LogP contribution in [-0.2, 0) is 9.53 Å². The molecule has 0 fully saturated rings. The van der Waals surface area contributed by atoms with Gasteiger partial charge in [-0.15, -0.1) is 0 Å². The molecule has 0 atom stereocenters. The van der Waals surface area contributed by atoms with E-state index in [9.17, 15) is 4.79 Å². The predicted octanol–water partition coefficient (Wildman–Crippen LogP) is 5.93. The number of rotatable bonds is 13. The average Bonchev–Trinajstić information content (AvgIpc) is 2.43. The van der Waals surface area contributed by atoms with Gasteiger partial charge < -0.3 is 4.74 Å². The van der Waals surface area contributed by atoms with Gasteiger partial charge in [0.15, 0.2) is 0 Å². The van der Waals surface area contributed by atoms with E-state index in [0.29, 0.717) is 0 Å². The van der Waals surface area contributed by atoms with Gasteiger partial charge in [0.2, 0.25) is 0 Å². The summed E-state index contributed by atoms with van der Waals surface area (Å²) in [5.74, 6) is -0.247. The molecule has 0 aromatic heterocycles. The van der Waals surface area contributed by atoms with Gasteiger partial charge in [0.25, 0.3) is 0 Å². The lowest BCUT2D eigenvalue weighted by Crippen LogP contribution is -1.89. The molecule has 0 heterocycles. The summed E-state index contributed by atoms with van der Waals surface area (Å²) in [6, 6.07) is 0. The Balaban J connectivity index is 3.14. The minimum Gasteiger partial charge on any atom is -0.435 e. The normalized spacial score (nSPS) is 11.5. The van der Waals surface area contributed by atoms with Crippen LogP contribution in [0.2, 0.25) is 0 Å². The number of carbonyl (C=O) groups is 1. The quantitative estimate of drug-likeness (QED) is 0.181. The highest BCUT2D eigenvalue weighted by molar-refractivity contribution is 5.66. The van der Waals surface area contributed by atoms with E-state index < -0.39 is 0 Å². The van der Waals surface area contributed by atoms with Crippen LogP contribution in [0.3, 0.4) is 0 Å². The third kappa shape index (κ3) is 16.9. The first kappa shape index (κ1) is 18.9. The molecule has 2 heteroatoms. The molecule has 0 radical (unpaired) electrons. The van der Waals surface area contributed by atoms with Gasteiger partial charge >= 0.3 is 5.97 Å². The zero-order valence-corrected chi connectivity index (χ0v) is 13.4. The zero-order chi connectivity index (χ0) is 14.9. The standard InChI is InChI=1S/C18H32O2/c1-3-4-5-6-7-8-9-10-11-12-13-14-15-16-17-20-18(2)19/h8-9,16-17H,3-7,10-15H2,1-2H3. The fourth-order valence-electron chi connectivity index (χ4n) is 2.01. The van der Waals surface area contributed by atoms with Crippen LogP contribution in [0.1, 0.15) is 84.5 Å². The first-order valence-electron chi connectivity index (χ1n) is 8.24. The second-order valence-corrected chi connectivity index (χ2v) is 5.29. The van der Waals surface area contributed by atoms with Crippen molar-refractivity contribution >= 4 is 5.97 Å². The Morgan fingerprint density at radius 2 is 1.30 bits per heavy atom. The molecular formula is C18H32O2. The van der Waals surface area contributed by atoms with Gasteiger partial charge in [0.05, 0.1) is 6.26 Å². The zero-order valence-electron chi connectivity index (χ0n) is 13.4. The number of esters is 1. The van der Waals surface area contributed by atoms with Crippen LogP contribution >= 0.6 is 0 Å². The number of hydrogen-bond donors (Lipinski definition) is 0. The first-order chi connectivity index (χ1) is 9.77. The van der Waals surface area contributed by atoms with Crippen molar-refractivity contribution in [1.29, 1.82) is 0 Å². The van der Waals surface area contributed by atoms with Crippen molar-refractivity contribution in [2.75, 3.05) is 0 Å². The molecule has 0 aliphatic rings. The molecule has 0 bridgehead atoms. The van der Waals surface area contributed by atoms with Crippen LogP contribution in [0.5, 0.6) is 0 Å². The molecule has 0 amide bonds. The topological polar surface area (TPSA) is 26.3 Å². The van der Waals surface area contributed by atoms with Crippen LogP contribution in [0.15, 0.2) is 24.5 Å². The van der Waals surface area contributed by atoms with Gasteiger partial charge in [-0.2, -0.15) is 0 Å². The van der Waals surface area contributed by atoms with Crippen LogP contribution in [0.4, 0.5) is 0 Å². The van der Waals surface area contributed by atoms with Crippen LogP contribution in [0.25, 0.3) is 0 Å². The summed E-state index contributed by atoms with van der Waals surface area (Å²) in [5.41, 5.74) is 0. The van der Waals surface area contributed by atoms with Gasteiger partial charge in [-0.3, -0.25) is 4.79 Å². The van der Waals surface area contributed by atoms with Gasteiger partial charge in [-0.25, -0.2) is 0 Å². The summed E-state index contributed by atoms with van der Waals surface area (Å²) < 4.78 is 4.72. The highest BCUT2D eigenvalue weighted by atomic mass is 16.5. The second kappa shape index (κ2) is 16.0. The number of hydrogen-bond acceptors (Lipinski definition) is 2. The molecule has 116 valence electrons. The van der Waals surface area contributed by atoms with E-state index in [-0.39, 0.29) is 5.97 Å². The van der Waals surface area contributed by atoms with E-state index in [0.717, 1.165) is 6.42 Å². The molecular weight excluding hydrogens is 248 g/mol. The number of carbonyl (C=O) groups excluding carboxylic acids is 1. The Kier molecular flexibility index (Phi) is 15.2. The molecule has 0 saturated heterocycles. The maximum atomic E-state index is 10.5. The van der Waals surface area contributed by atoms with Crippen molar-refractivity contribution < 1.29 is 9.53 Å². The molecule has 0 aromatic rings. The fraction of sp³-hybridized carbons (Fsp3) is 0.722. The van der Waals surface area contributed by atoms with Crippen LogP contribution in [-0.4, -0.2) is 5.97 Å². The van der Waals surface area contributed by atoms with Gasteiger partial charge in [0, 0.05) is 6.92 Å². The molecule has 0 aliphatic heterocycles. The molecule has 0 aromatic carbocycles. The van der Waals surface area contributed by atoms with Crippen LogP contribution in [0, 0.1) is 0 Å². The predicted molar refractivity (Wildman–Crippen MR) is 86.5 cm³/mol. The number of unbranched alkanes of at least 4 members (excludes halogenated alkanes) is 9. The largest absolute Gasteiger partial charge is 0.435 e. The molecule has 20 heavy (non-hydrogen) atoms. The van der Waals surface area contributed by atoms with Crippen molar-refractivity contribution in [2.24, 2.45) is 0 Å². The fourth-order valence-corrected chi connectivity index (χ4v) is 2.01.